The molecule has 2 atom stereocenters. The fourth-order valence-corrected chi connectivity index (χ4v) is 4.00. The SMILES string of the molecule is Cc1cnn(C[C@H](C)N[C@@H](C)C(=O)N2CCc3sccc3C2)c1. The molecule has 0 spiro atoms. The molecule has 0 aliphatic carbocycles. The Bertz CT molecular complexity index is 678. The molecular weight excluding hydrogens is 308 g/mol. The molecule has 0 saturated carbocycles. The Balaban J connectivity index is 1.53. The number of aryl methyl sites for hydroxylation is 1. The molecule has 3 heterocycles. The zero-order chi connectivity index (χ0) is 16.4. The van der Waals surface area contributed by atoms with E-state index in [4.69, 9.17) is 0 Å². The van der Waals surface area contributed by atoms with Gasteiger partial charge in [0.05, 0.1) is 18.8 Å². The quantitative estimate of drug-likeness (QED) is 0.913. The first kappa shape index (κ1) is 16.2. The first-order valence-corrected chi connectivity index (χ1v) is 9.00. The maximum atomic E-state index is 12.7. The summed E-state index contributed by atoms with van der Waals surface area (Å²) < 4.78 is 1.92. The summed E-state index contributed by atoms with van der Waals surface area (Å²) in [5.41, 5.74) is 2.46. The van der Waals surface area contributed by atoms with Crippen molar-refractivity contribution in [3.63, 3.8) is 0 Å². The van der Waals surface area contributed by atoms with Crippen molar-refractivity contribution in [3.05, 3.63) is 39.8 Å². The fraction of sp³-hybridized carbons (Fsp3) is 0.529. The molecule has 23 heavy (non-hydrogen) atoms. The highest BCUT2D eigenvalue weighted by Crippen LogP contribution is 2.24. The number of nitrogens with zero attached hydrogens (tertiary/aromatic N) is 3. The summed E-state index contributed by atoms with van der Waals surface area (Å²) in [5, 5.41) is 9.82. The summed E-state index contributed by atoms with van der Waals surface area (Å²) >= 11 is 1.80. The average Bonchev–Trinajstić information content (AvgIpc) is 3.14. The van der Waals surface area contributed by atoms with Crippen LogP contribution in [0, 0.1) is 6.92 Å². The molecule has 2 aromatic heterocycles. The summed E-state index contributed by atoms with van der Waals surface area (Å²) in [6.45, 7) is 8.41. The number of aromatic nitrogens is 2. The largest absolute Gasteiger partial charge is 0.337 e. The van der Waals surface area contributed by atoms with Crippen LogP contribution in [0.15, 0.2) is 23.8 Å². The minimum atomic E-state index is -0.179. The molecule has 0 unspecified atom stereocenters. The maximum Gasteiger partial charge on any atom is 0.239 e. The zero-order valence-corrected chi connectivity index (χ0v) is 14.8. The van der Waals surface area contributed by atoms with Gasteiger partial charge in [-0.05, 0) is 49.8 Å². The van der Waals surface area contributed by atoms with Crippen LogP contribution in [0.2, 0.25) is 0 Å². The lowest BCUT2D eigenvalue weighted by atomic mass is 10.1. The van der Waals surface area contributed by atoms with E-state index in [2.05, 4.69) is 28.8 Å². The summed E-state index contributed by atoms with van der Waals surface area (Å²) in [6, 6.07) is 2.15. The van der Waals surface area contributed by atoms with Crippen LogP contribution in [0.5, 0.6) is 0 Å². The first-order valence-electron chi connectivity index (χ1n) is 8.12. The van der Waals surface area contributed by atoms with E-state index in [0.717, 1.165) is 31.6 Å². The topological polar surface area (TPSA) is 50.2 Å². The van der Waals surface area contributed by atoms with Gasteiger partial charge in [-0.1, -0.05) is 0 Å². The molecule has 0 radical (unpaired) electrons. The molecule has 2 aromatic rings. The standard InChI is InChI=1S/C17H24N4OS/c1-12-8-18-21(9-12)10-13(2)19-14(3)17(22)20-6-4-16-15(11-20)5-7-23-16/h5,7-9,13-14,19H,4,6,10-11H2,1-3H3/t13-,14-/m0/s1. The molecule has 0 bridgehead atoms. The normalized spacial score (nSPS) is 16.9. The van der Waals surface area contributed by atoms with E-state index >= 15 is 0 Å². The Morgan fingerprint density at radius 1 is 1.48 bits per heavy atom. The second-order valence-electron chi connectivity index (χ2n) is 6.41. The van der Waals surface area contributed by atoms with Crippen molar-refractivity contribution >= 4 is 17.2 Å². The van der Waals surface area contributed by atoms with E-state index in [-0.39, 0.29) is 18.0 Å². The Morgan fingerprint density at radius 3 is 3.04 bits per heavy atom. The van der Waals surface area contributed by atoms with E-state index in [1.54, 1.807) is 11.3 Å². The molecule has 0 aromatic carbocycles. The zero-order valence-electron chi connectivity index (χ0n) is 14.0. The van der Waals surface area contributed by atoms with Gasteiger partial charge >= 0.3 is 0 Å². The fourth-order valence-electron chi connectivity index (χ4n) is 3.11. The van der Waals surface area contributed by atoms with E-state index in [0.29, 0.717) is 0 Å². The number of thiophene rings is 1. The minimum Gasteiger partial charge on any atom is -0.337 e. The number of hydrogen-bond acceptors (Lipinski definition) is 4. The molecule has 1 aliphatic rings. The van der Waals surface area contributed by atoms with Gasteiger partial charge < -0.3 is 10.2 Å². The van der Waals surface area contributed by atoms with Gasteiger partial charge in [0.15, 0.2) is 0 Å². The van der Waals surface area contributed by atoms with Crippen molar-refractivity contribution in [3.8, 4) is 0 Å². The van der Waals surface area contributed by atoms with Gasteiger partial charge in [0, 0.05) is 30.2 Å². The lowest BCUT2D eigenvalue weighted by Gasteiger charge is -2.30. The number of rotatable bonds is 5. The lowest BCUT2D eigenvalue weighted by Crippen LogP contribution is -2.49. The van der Waals surface area contributed by atoms with Crippen LogP contribution in [0.4, 0.5) is 0 Å². The molecule has 1 amide bonds. The predicted molar refractivity (Wildman–Crippen MR) is 92.5 cm³/mol. The van der Waals surface area contributed by atoms with Crippen molar-refractivity contribution in [1.82, 2.24) is 20.0 Å². The van der Waals surface area contributed by atoms with E-state index < -0.39 is 0 Å². The molecule has 6 heteroatoms. The molecule has 0 fully saturated rings. The lowest BCUT2D eigenvalue weighted by molar-refractivity contribution is -0.134. The highest BCUT2D eigenvalue weighted by Gasteiger charge is 2.25. The van der Waals surface area contributed by atoms with Crippen molar-refractivity contribution in [1.29, 1.82) is 0 Å². The number of amides is 1. The van der Waals surface area contributed by atoms with Crippen molar-refractivity contribution in [2.24, 2.45) is 0 Å². The molecular formula is C17H24N4OS. The molecule has 1 N–H and O–H groups in total. The van der Waals surface area contributed by atoms with Crippen LogP contribution in [-0.4, -0.2) is 39.2 Å². The molecule has 3 rings (SSSR count). The van der Waals surface area contributed by atoms with Gasteiger partial charge in [0.25, 0.3) is 0 Å². The van der Waals surface area contributed by atoms with Crippen LogP contribution in [0.3, 0.4) is 0 Å². The van der Waals surface area contributed by atoms with Crippen molar-refractivity contribution < 1.29 is 4.79 Å². The predicted octanol–water partition coefficient (Wildman–Crippen LogP) is 2.20. The van der Waals surface area contributed by atoms with Crippen LogP contribution in [-0.2, 0) is 24.3 Å². The minimum absolute atomic E-state index is 0.179. The second-order valence-corrected chi connectivity index (χ2v) is 7.41. The van der Waals surface area contributed by atoms with Crippen LogP contribution in [0.1, 0.15) is 29.9 Å². The summed E-state index contributed by atoms with van der Waals surface area (Å²) in [5.74, 6) is 0.186. The van der Waals surface area contributed by atoms with Gasteiger partial charge in [0.2, 0.25) is 5.91 Å². The van der Waals surface area contributed by atoms with Gasteiger partial charge in [-0.2, -0.15) is 5.10 Å². The van der Waals surface area contributed by atoms with Crippen molar-refractivity contribution in [2.45, 2.75) is 52.4 Å². The van der Waals surface area contributed by atoms with Crippen LogP contribution in [0.25, 0.3) is 0 Å². The third-order valence-electron chi connectivity index (χ3n) is 4.25. The van der Waals surface area contributed by atoms with E-state index in [1.807, 2.05) is 35.8 Å². The number of carbonyl (C=O) groups is 1. The summed E-state index contributed by atoms with van der Waals surface area (Å²) in [4.78, 5) is 16.1. The van der Waals surface area contributed by atoms with Crippen LogP contribution < -0.4 is 5.32 Å². The Labute approximate surface area is 141 Å². The smallest absolute Gasteiger partial charge is 0.239 e. The summed E-state index contributed by atoms with van der Waals surface area (Å²) in [7, 11) is 0. The van der Waals surface area contributed by atoms with Gasteiger partial charge in [0.1, 0.15) is 0 Å². The van der Waals surface area contributed by atoms with Gasteiger partial charge in [-0.3, -0.25) is 9.48 Å². The summed E-state index contributed by atoms with van der Waals surface area (Å²) in [6.07, 6.45) is 4.86. The molecule has 124 valence electrons. The van der Waals surface area contributed by atoms with E-state index in [1.165, 1.54) is 10.4 Å². The van der Waals surface area contributed by atoms with Gasteiger partial charge in [-0.15, -0.1) is 11.3 Å². The molecule has 1 aliphatic heterocycles. The van der Waals surface area contributed by atoms with E-state index in [9.17, 15) is 4.79 Å². The second kappa shape index (κ2) is 6.84. The van der Waals surface area contributed by atoms with Crippen LogP contribution >= 0.6 is 11.3 Å². The highest BCUT2D eigenvalue weighted by molar-refractivity contribution is 7.10. The average molecular weight is 332 g/mol. The third-order valence-corrected chi connectivity index (χ3v) is 5.27. The number of nitrogens with one attached hydrogen (secondary N) is 1. The molecule has 0 saturated heterocycles. The van der Waals surface area contributed by atoms with Gasteiger partial charge in [-0.25, -0.2) is 0 Å². The highest BCUT2D eigenvalue weighted by atomic mass is 32.1. The number of fused-ring (bicyclic) bond motifs is 1. The first-order chi connectivity index (χ1) is 11.0. The maximum absolute atomic E-state index is 12.7. The Morgan fingerprint density at radius 2 is 2.30 bits per heavy atom. The number of hydrogen-bond donors (Lipinski definition) is 1. The Hall–Kier alpha value is -1.66. The number of carbonyl (C=O) groups excluding carboxylic acids is 1. The third kappa shape index (κ3) is 3.82. The monoisotopic (exact) mass is 332 g/mol. The Kier molecular flexibility index (Phi) is 4.82. The molecule has 5 nitrogen and oxygen atoms in total. The van der Waals surface area contributed by atoms with Crippen molar-refractivity contribution in [2.75, 3.05) is 6.54 Å².